The fraction of sp³-hybridized carbons (Fsp3) is 0.455. The molecular formula is C33H38N8O3. The molecule has 4 aliphatic rings. The SMILES string of the molecule is Nc1ncnc2c1c(-c1ccc(Oc3ccccc3)cc1)nn2C1CCN(C2CC3CCC(C2)N3C2CN(C(=O)O)C2)CC1. The number of fused-ring (bicyclic) bond motifs is 3. The van der Waals surface area contributed by atoms with Crippen LogP contribution in [0.3, 0.4) is 0 Å². The molecule has 0 radical (unpaired) electrons. The minimum atomic E-state index is -0.788. The van der Waals surface area contributed by atoms with E-state index in [1.807, 2.05) is 54.6 Å². The normalized spacial score (nSPS) is 24.9. The molecule has 11 nitrogen and oxygen atoms in total. The van der Waals surface area contributed by atoms with Gasteiger partial charge in [-0.25, -0.2) is 19.4 Å². The fourth-order valence-corrected chi connectivity index (χ4v) is 8.13. The van der Waals surface area contributed by atoms with Crippen molar-refractivity contribution in [3.63, 3.8) is 0 Å². The molecule has 2 bridgehead atoms. The van der Waals surface area contributed by atoms with Gasteiger partial charge in [0, 0.05) is 55.9 Å². The van der Waals surface area contributed by atoms with Crippen LogP contribution < -0.4 is 10.5 Å². The Morgan fingerprint density at radius 2 is 1.50 bits per heavy atom. The van der Waals surface area contributed by atoms with E-state index >= 15 is 0 Å². The summed E-state index contributed by atoms with van der Waals surface area (Å²) in [5.74, 6) is 2.00. The van der Waals surface area contributed by atoms with Crippen molar-refractivity contribution in [2.75, 3.05) is 31.9 Å². The highest BCUT2D eigenvalue weighted by Crippen LogP contribution is 2.42. The number of amides is 1. The van der Waals surface area contributed by atoms with Crippen LogP contribution in [0.5, 0.6) is 11.5 Å². The van der Waals surface area contributed by atoms with Crippen LogP contribution >= 0.6 is 0 Å². The van der Waals surface area contributed by atoms with Crippen molar-refractivity contribution >= 4 is 22.9 Å². The summed E-state index contributed by atoms with van der Waals surface area (Å²) in [6.45, 7) is 3.40. The lowest BCUT2D eigenvalue weighted by molar-refractivity contribution is -0.0305. The van der Waals surface area contributed by atoms with E-state index in [2.05, 4.69) is 24.4 Å². The van der Waals surface area contributed by atoms with E-state index in [-0.39, 0.29) is 6.04 Å². The largest absolute Gasteiger partial charge is 0.465 e. The number of carboxylic acid groups (broad SMARTS) is 1. The molecule has 2 atom stereocenters. The van der Waals surface area contributed by atoms with Crippen LogP contribution in [0.1, 0.15) is 44.6 Å². The molecule has 8 rings (SSSR count). The lowest BCUT2D eigenvalue weighted by atomic mass is 9.90. The van der Waals surface area contributed by atoms with Gasteiger partial charge in [0.1, 0.15) is 29.3 Å². The summed E-state index contributed by atoms with van der Waals surface area (Å²) in [5, 5.41) is 15.2. The summed E-state index contributed by atoms with van der Waals surface area (Å²) >= 11 is 0. The van der Waals surface area contributed by atoms with Crippen molar-refractivity contribution in [3.8, 4) is 22.8 Å². The van der Waals surface area contributed by atoms with Crippen molar-refractivity contribution in [2.45, 2.75) is 68.7 Å². The molecule has 4 fully saturated rings. The average Bonchev–Trinajstić information content (AvgIpc) is 3.52. The van der Waals surface area contributed by atoms with Crippen molar-refractivity contribution in [3.05, 3.63) is 60.9 Å². The molecule has 3 N–H and O–H groups in total. The van der Waals surface area contributed by atoms with E-state index in [1.165, 1.54) is 32.0 Å². The van der Waals surface area contributed by atoms with Crippen LogP contribution in [0.15, 0.2) is 60.9 Å². The average molecular weight is 595 g/mol. The zero-order valence-electron chi connectivity index (χ0n) is 24.7. The smallest absolute Gasteiger partial charge is 0.407 e. The van der Waals surface area contributed by atoms with Crippen LogP contribution in [0.2, 0.25) is 0 Å². The number of ether oxygens (including phenoxy) is 1. The highest BCUT2D eigenvalue weighted by molar-refractivity contribution is 5.98. The number of hydrogen-bond donors (Lipinski definition) is 2. The van der Waals surface area contributed by atoms with Crippen LogP contribution in [0, 0.1) is 0 Å². The molecule has 0 spiro atoms. The van der Waals surface area contributed by atoms with Crippen LogP contribution in [0.4, 0.5) is 10.6 Å². The summed E-state index contributed by atoms with van der Waals surface area (Å²) in [7, 11) is 0. The number of anilines is 1. The number of piperidine rings is 2. The fourth-order valence-electron chi connectivity index (χ4n) is 8.13. The van der Waals surface area contributed by atoms with Crippen molar-refractivity contribution in [1.29, 1.82) is 0 Å². The van der Waals surface area contributed by atoms with Crippen molar-refractivity contribution in [1.82, 2.24) is 34.4 Å². The van der Waals surface area contributed by atoms with E-state index in [0.717, 1.165) is 59.7 Å². The van der Waals surface area contributed by atoms with E-state index in [0.29, 0.717) is 43.1 Å². The van der Waals surface area contributed by atoms with Gasteiger partial charge in [0.25, 0.3) is 0 Å². The van der Waals surface area contributed by atoms with Gasteiger partial charge in [-0.2, -0.15) is 5.10 Å². The molecular weight excluding hydrogens is 556 g/mol. The first-order chi connectivity index (χ1) is 21.5. The van der Waals surface area contributed by atoms with Gasteiger partial charge in [-0.05, 0) is 74.9 Å². The Morgan fingerprint density at radius 3 is 2.18 bits per heavy atom. The topological polar surface area (TPSA) is 126 Å². The summed E-state index contributed by atoms with van der Waals surface area (Å²) < 4.78 is 8.08. The molecule has 1 amide bonds. The van der Waals surface area contributed by atoms with Gasteiger partial charge in [-0.15, -0.1) is 0 Å². The first-order valence-corrected chi connectivity index (χ1v) is 15.8. The molecule has 4 saturated heterocycles. The van der Waals surface area contributed by atoms with Gasteiger partial charge in [0.15, 0.2) is 5.65 Å². The minimum absolute atomic E-state index is 0.242. The number of rotatable bonds is 6. The quantitative estimate of drug-likeness (QED) is 0.322. The predicted molar refractivity (Wildman–Crippen MR) is 167 cm³/mol. The maximum atomic E-state index is 11.3. The summed E-state index contributed by atoms with van der Waals surface area (Å²) in [4.78, 5) is 27.2. The maximum absolute atomic E-state index is 11.3. The zero-order chi connectivity index (χ0) is 29.8. The first kappa shape index (κ1) is 27.3. The number of nitrogens with two attached hydrogens (primary N) is 1. The highest BCUT2D eigenvalue weighted by Gasteiger charge is 2.49. The number of nitrogens with zero attached hydrogens (tertiary/aromatic N) is 7. The van der Waals surface area contributed by atoms with E-state index in [1.54, 1.807) is 4.90 Å². The molecule has 2 unspecified atom stereocenters. The second kappa shape index (κ2) is 11.0. The van der Waals surface area contributed by atoms with Gasteiger partial charge in [0.05, 0.1) is 11.4 Å². The Morgan fingerprint density at radius 1 is 0.818 bits per heavy atom. The Bertz CT molecular complexity index is 1630. The van der Waals surface area contributed by atoms with Gasteiger partial charge in [0.2, 0.25) is 0 Å². The van der Waals surface area contributed by atoms with Crippen LogP contribution in [-0.2, 0) is 0 Å². The molecule has 2 aromatic carbocycles. The van der Waals surface area contributed by atoms with E-state index < -0.39 is 6.09 Å². The maximum Gasteiger partial charge on any atom is 0.407 e. The number of benzene rings is 2. The Hall–Kier alpha value is -4.22. The molecule has 2 aromatic heterocycles. The lowest BCUT2D eigenvalue weighted by Gasteiger charge is -2.52. The Kier molecular flexibility index (Phi) is 6.86. The number of nitrogen functional groups attached to an aromatic ring is 1. The molecule has 0 aliphatic carbocycles. The molecule has 44 heavy (non-hydrogen) atoms. The molecule has 4 aromatic rings. The molecule has 0 saturated carbocycles. The highest BCUT2D eigenvalue weighted by atomic mass is 16.5. The lowest BCUT2D eigenvalue weighted by Crippen LogP contribution is -2.65. The van der Waals surface area contributed by atoms with Gasteiger partial charge in [-0.1, -0.05) is 18.2 Å². The molecule has 6 heterocycles. The number of carbonyl (C=O) groups is 1. The first-order valence-electron chi connectivity index (χ1n) is 15.8. The standard InChI is InChI=1S/C33H38N8O3/c34-31-29-30(21-6-10-28(11-7-21)44-27-4-2-1-3-5-27)37-41(32(29)36-20-35-31)22-12-14-38(15-13-22)25-16-23-8-9-24(17-25)40(23)26-18-39(19-26)33(42)43/h1-7,10-11,20,22-26H,8-9,12-19H2,(H,42,43)(H2,34,35,36). The molecule has 4 aliphatic heterocycles. The van der Waals surface area contributed by atoms with E-state index in [4.69, 9.17) is 15.6 Å². The number of para-hydroxylation sites is 1. The third-order valence-electron chi connectivity index (χ3n) is 10.3. The third kappa shape index (κ3) is 4.84. The number of likely N-dealkylation sites (tertiary alicyclic amines) is 2. The van der Waals surface area contributed by atoms with Gasteiger partial charge >= 0.3 is 6.09 Å². The third-order valence-corrected chi connectivity index (χ3v) is 10.3. The second-order valence-corrected chi connectivity index (χ2v) is 12.8. The van der Waals surface area contributed by atoms with Gasteiger partial charge < -0.3 is 25.4 Å². The van der Waals surface area contributed by atoms with E-state index in [9.17, 15) is 9.90 Å². The predicted octanol–water partition coefficient (Wildman–Crippen LogP) is 4.86. The Balaban J connectivity index is 0.957. The zero-order valence-corrected chi connectivity index (χ0v) is 24.7. The second-order valence-electron chi connectivity index (χ2n) is 12.8. The summed E-state index contributed by atoms with van der Waals surface area (Å²) in [6, 6.07) is 20.1. The molecule has 228 valence electrons. The monoisotopic (exact) mass is 594 g/mol. The van der Waals surface area contributed by atoms with Crippen molar-refractivity contribution < 1.29 is 14.6 Å². The van der Waals surface area contributed by atoms with Crippen LogP contribution in [0.25, 0.3) is 22.3 Å². The number of aromatic nitrogens is 4. The van der Waals surface area contributed by atoms with Crippen molar-refractivity contribution in [2.24, 2.45) is 0 Å². The minimum Gasteiger partial charge on any atom is -0.465 e. The van der Waals surface area contributed by atoms with Gasteiger partial charge in [-0.3, -0.25) is 4.90 Å². The number of hydrogen-bond acceptors (Lipinski definition) is 8. The molecule has 11 heteroatoms. The summed E-state index contributed by atoms with van der Waals surface area (Å²) in [6.07, 6.45) is 7.62. The Labute approximate surface area is 256 Å². The summed E-state index contributed by atoms with van der Waals surface area (Å²) in [5.41, 5.74) is 8.96. The van der Waals surface area contributed by atoms with Crippen LogP contribution in [-0.4, -0.2) is 96.0 Å².